The van der Waals surface area contributed by atoms with Gasteiger partial charge in [-0.1, -0.05) is 12.1 Å². The predicted octanol–water partition coefficient (Wildman–Crippen LogP) is 5.67. The molecule has 0 fully saturated rings. The molecule has 2 aromatic carbocycles. The zero-order valence-corrected chi connectivity index (χ0v) is 19.2. The van der Waals surface area contributed by atoms with E-state index in [-0.39, 0.29) is 30.0 Å². The SMILES string of the molecule is CC(=O)Nc1ccc(-c2ccnc3c2CN(Cc2cc(C(F)(F)F)cc(C(F)(F)F)c2)C(=O)CO3)cc1. The monoisotopic (exact) mass is 523 g/mol. The van der Waals surface area contributed by atoms with Gasteiger partial charge in [-0.05, 0) is 53.1 Å². The molecule has 0 atom stereocenters. The fourth-order valence-electron chi connectivity index (χ4n) is 3.93. The number of pyridine rings is 1. The molecule has 12 heteroatoms. The minimum absolute atomic E-state index is 0.0405. The van der Waals surface area contributed by atoms with Gasteiger partial charge in [-0.2, -0.15) is 26.3 Å². The van der Waals surface area contributed by atoms with E-state index in [2.05, 4.69) is 10.3 Å². The molecule has 0 radical (unpaired) electrons. The lowest BCUT2D eigenvalue weighted by molar-refractivity contribution is -0.143. The predicted molar refractivity (Wildman–Crippen MR) is 120 cm³/mol. The van der Waals surface area contributed by atoms with E-state index in [1.807, 2.05) is 0 Å². The topological polar surface area (TPSA) is 71.5 Å². The van der Waals surface area contributed by atoms with Gasteiger partial charge in [0.15, 0.2) is 6.61 Å². The molecule has 0 bridgehead atoms. The summed E-state index contributed by atoms with van der Waals surface area (Å²) in [4.78, 5) is 29.3. The van der Waals surface area contributed by atoms with Gasteiger partial charge in [0, 0.05) is 30.9 Å². The van der Waals surface area contributed by atoms with Crippen molar-refractivity contribution in [1.82, 2.24) is 9.88 Å². The van der Waals surface area contributed by atoms with E-state index in [0.29, 0.717) is 34.5 Å². The van der Waals surface area contributed by atoms with Gasteiger partial charge in [0.1, 0.15) is 0 Å². The fourth-order valence-corrected chi connectivity index (χ4v) is 3.93. The van der Waals surface area contributed by atoms with Crippen LogP contribution in [0.3, 0.4) is 0 Å². The summed E-state index contributed by atoms with van der Waals surface area (Å²) in [5.74, 6) is -0.758. The smallest absolute Gasteiger partial charge is 0.416 e. The summed E-state index contributed by atoms with van der Waals surface area (Å²) in [6.45, 7) is 0.199. The van der Waals surface area contributed by atoms with Crippen LogP contribution in [0.15, 0.2) is 54.7 Å². The second kappa shape index (κ2) is 9.75. The van der Waals surface area contributed by atoms with E-state index in [9.17, 15) is 35.9 Å². The first-order valence-corrected chi connectivity index (χ1v) is 10.9. The second-order valence-electron chi connectivity index (χ2n) is 8.35. The number of carbonyl (C=O) groups excluding carboxylic acids is 2. The van der Waals surface area contributed by atoms with Crippen molar-refractivity contribution < 1.29 is 40.7 Å². The summed E-state index contributed by atoms with van der Waals surface area (Å²) in [5, 5.41) is 2.64. The maximum absolute atomic E-state index is 13.3. The highest BCUT2D eigenvalue weighted by atomic mass is 19.4. The molecule has 0 saturated heterocycles. The lowest BCUT2D eigenvalue weighted by Gasteiger charge is -2.22. The highest BCUT2D eigenvalue weighted by Gasteiger charge is 2.37. The Labute approximate surface area is 206 Å². The number of rotatable bonds is 4. The number of aromatic nitrogens is 1. The molecule has 2 amide bonds. The highest BCUT2D eigenvalue weighted by molar-refractivity contribution is 5.89. The number of hydrogen-bond donors (Lipinski definition) is 1. The summed E-state index contributed by atoms with van der Waals surface area (Å²) in [6, 6.07) is 9.62. The van der Waals surface area contributed by atoms with Crippen molar-refractivity contribution in [3.05, 3.63) is 77.0 Å². The van der Waals surface area contributed by atoms with Crippen LogP contribution in [0.4, 0.5) is 32.0 Å². The van der Waals surface area contributed by atoms with E-state index >= 15 is 0 Å². The van der Waals surface area contributed by atoms with Gasteiger partial charge in [-0.15, -0.1) is 0 Å². The third-order valence-electron chi connectivity index (χ3n) is 5.59. The van der Waals surface area contributed by atoms with E-state index in [0.717, 1.165) is 4.90 Å². The molecular weight excluding hydrogens is 504 g/mol. The third-order valence-corrected chi connectivity index (χ3v) is 5.59. The molecule has 2 heterocycles. The second-order valence-corrected chi connectivity index (χ2v) is 8.35. The van der Waals surface area contributed by atoms with Crippen molar-refractivity contribution in [3.8, 4) is 17.0 Å². The minimum Gasteiger partial charge on any atom is -0.467 e. The average molecular weight is 523 g/mol. The lowest BCUT2D eigenvalue weighted by Crippen LogP contribution is -2.32. The van der Waals surface area contributed by atoms with Gasteiger partial charge in [0.05, 0.1) is 17.7 Å². The summed E-state index contributed by atoms with van der Waals surface area (Å²) >= 11 is 0. The normalized spacial score (nSPS) is 14.0. The Morgan fingerprint density at radius 2 is 1.62 bits per heavy atom. The van der Waals surface area contributed by atoms with Crippen LogP contribution in [0.1, 0.15) is 29.2 Å². The Hall–Kier alpha value is -4.09. The number of alkyl halides is 6. The minimum atomic E-state index is -5.00. The molecule has 4 rings (SSSR count). The molecule has 0 spiro atoms. The number of anilines is 1. The van der Waals surface area contributed by atoms with E-state index < -0.39 is 42.5 Å². The first-order chi connectivity index (χ1) is 17.3. The Bertz CT molecular complexity index is 1300. The molecule has 6 nitrogen and oxygen atoms in total. The fraction of sp³-hybridized carbons (Fsp3) is 0.240. The largest absolute Gasteiger partial charge is 0.467 e. The van der Waals surface area contributed by atoms with Gasteiger partial charge in [-0.3, -0.25) is 9.59 Å². The van der Waals surface area contributed by atoms with E-state index in [4.69, 9.17) is 4.74 Å². The third kappa shape index (κ3) is 6.01. The quantitative estimate of drug-likeness (QED) is 0.448. The number of hydrogen-bond acceptors (Lipinski definition) is 4. The van der Waals surface area contributed by atoms with Crippen LogP contribution in [0.2, 0.25) is 0 Å². The zero-order valence-electron chi connectivity index (χ0n) is 19.2. The molecule has 0 unspecified atom stereocenters. The zero-order chi connectivity index (χ0) is 27.0. The molecule has 194 valence electrons. The Morgan fingerprint density at radius 1 is 1.00 bits per heavy atom. The first-order valence-electron chi connectivity index (χ1n) is 10.9. The van der Waals surface area contributed by atoms with E-state index in [1.54, 1.807) is 30.3 Å². The number of halogens is 6. The van der Waals surface area contributed by atoms with Crippen molar-refractivity contribution in [2.45, 2.75) is 32.4 Å². The molecule has 1 aromatic heterocycles. The number of nitrogens with zero attached hydrogens (tertiary/aromatic N) is 2. The van der Waals surface area contributed by atoms with Crippen molar-refractivity contribution in [2.75, 3.05) is 11.9 Å². The number of ether oxygens (including phenoxy) is 1. The molecular formula is C25H19F6N3O3. The maximum atomic E-state index is 13.3. The van der Waals surface area contributed by atoms with Crippen molar-refractivity contribution in [2.24, 2.45) is 0 Å². The Balaban J connectivity index is 1.69. The van der Waals surface area contributed by atoms with Crippen LogP contribution in [0.25, 0.3) is 11.1 Å². The molecule has 3 aromatic rings. The summed E-state index contributed by atoms with van der Waals surface area (Å²) in [6.07, 6.45) is -8.55. The summed E-state index contributed by atoms with van der Waals surface area (Å²) < 4.78 is 85.3. The lowest BCUT2D eigenvalue weighted by atomic mass is 10.00. The summed E-state index contributed by atoms with van der Waals surface area (Å²) in [5.41, 5.74) is -0.999. The van der Waals surface area contributed by atoms with Crippen molar-refractivity contribution in [1.29, 1.82) is 0 Å². The molecule has 37 heavy (non-hydrogen) atoms. The molecule has 0 saturated carbocycles. The Kier molecular flexibility index (Phi) is 6.85. The number of nitrogens with one attached hydrogen (secondary N) is 1. The van der Waals surface area contributed by atoms with Gasteiger partial charge in [-0.25, -0.2) is 4.98 Å². The molecule has 1 aliphatic rings. The van der Waals surface area contributed by atoms with E-state index in [1.165, 1.54) is 13.1 Å². The molecule has 0 aliphatic carbocycles. The summed E-state index contributed by atoms with van der Waals surface area (Å²) in [7, 11) is 0. The molecule has 1 aliphatic heterocycles. The van der Waals surface area contributed by atoms with Crippen molar-refractivity contribution in [3.63, 3.8) is 0 Å². The number of amides is 2. The van der Waals surface area contributed by atoms with Gasteiger partial charge in [0.25, 0.3) is 5.91 Å². The first kappa shape index (κ1) is 26.0. The van der Waals surface area contributed by atoms with Gasteiger partial charge < -0.3 is 15.0 Å². The van der Waals surface area contributed by atoms with Gasteiger partial charge >= 0.3 is 12.4 Å². The Morgan fingerprint density at radius 3 is 2.19 bits per heavy atom. The van der Waals surface area contributed by atoms with Crippen LogP contribution in [-0.4, -0.2) is 28.3 Å². The molecule has 1 N–H and O–H groups in total. The highest BCUT2D eigenvalue weighted by Crippen LogP contribution is 2.37. The standard InChI is InChI=1S/C25H19F6N3O3/c1-14(35)33-19-4-2-16(3-5-19)20-6-7-32-23-21(20)12-34(22(36)13-37-23)11-15-8-17(24(26,27)28)10-18(9-15)25(29,30)31/h2-10H,11-13H2,1H3,(H,33,35). The number of carbonyl (C=O) groups is 2. The van der Waals surface area contributed by atoms with Crippen LogP contribution >= 0.6 is 0 Å². The maximum Gasteiger partial charge on any atom is 0.416 e. The van der Waals surface area contributed by atoms with Crippen molar-refractivity contribution >= 4 is 17.5 Å². The van der Waals surface area contributed by atoms with Crippen LogP contribution < -0.4 is 10.1 Å². The average Bonchev–Trinajstić information content (AvgIpc) is 2.96. The van der Waals surface area contributed by atoms with Crippen LogP contribution in [0.5, 0.6) is 5.88 Å². The van der Waals surface area contributed by atoms with Crippen LogP contribution in [0, 0.1) is 0 Å². The van der Waals surface area contributed by atoms with Gasteiger partial charge in [0.2, 0.25) is 11.8 Å². The number of benzene rings is 2. The number of fused-ring (bicyclic) bond motifs is 1. The van der Waals surface area contributed by atoms with Crippen LogP contribution in [-0.2, 0) is 35.0 Å².